The molecule has 0 unspecified atom stereocenters. The Hall–Kier alpha value is -1.92. The summed E-state index contributed by atoms with van der Waals surface area (Å²) < 4.78 is 9.76. The molecule has 0 amide bonds. The number of carbonyl (C=O) groups excluding carboxylic acids is 2. The molecule has 0 spiro atoms. The fraction of sp³-hybridized carbons (Fsp3) is 0.429. The van der Waals surface area contributed by atoms with Crippen molar-refractivity contribution in [2.24, 2.45) is 0 Å². The van der Waals surface area contributed by atoms with Crippen LogP contribution >= 0.6 is 0 Å². The minimum Gasteiger partial charge on any atom is -0.462 e. The van der Waals surface area contributed by atoms with Crippen LogP contribution in [0.25, 0.3) is 0 Å². The Morgan fingerprint density at radius 3 is 2.05 bits per heavy atom. The Labute approximate surface area is 116 Å². The third kappa shape index (κ3) is 5.38. The Morgan fingerprint density at radius 1 is 0.900 bits per heavy atom. The maximum absolute atomic E-state index is 11.7. The van der Waals surface area contributed by atoms with Crippen molar-refractivity contribution in [1.82, 2.24) is 0 Å². The van der Waals surface area contributed by atoms with Gasteiger partial charge in [-0.2, -0.15) is 0 Å². The van der Waals surface area contributed by atoms with Gasteiger partial charge in [0.15, 0.2) is 0 Å². The average Bonchev–Trinajstić information content (AvgIpc) is 2.49. The van der Waals surface area contributed by atoms with E-state index in [9.17, 15) is 9.59 Å². The molecule has 0 radical (unpaired) electrons. The molecule has 0 heterocycles. The topological polar surface area (TPSA) is 93.1 Å². The van der Waals surface area contributed by atoms with Crippen LogP contribution in [0.5, 0.6) is 0 Å². The van der Waals surface area contributed by atoms with Gasteiger partial charge in [-0.05, 0) is 31.0 Å². The van der Waals surface area contributed by atoms with Crippen LogP contribution in [0.2, 0.25) is 0 Å². The zero-order chi connectivity index (χ0) is 14.8. The van der Waals surface area contributed by atoms with Gasteiger partial charge in [-0.1, -0.05) is 6.07 Å². The van der Waals surface area contributed by atoms with Gasteiger partial charge in [-0.15, -0.1) is 0 Å². The predicted octanol–water partition coefficient (Wildman–Crippen LogP) is 0.765. The second kappa shape index (κ2) is 9.06. The zero-order valence-electron chi connectivity index (χ0n) is 11.1. The number of aliphatic hydroxyl groups excluding tert-OH is 2. The van der Waals surface area contributed by atoms with Crippen molar-refractivity contribution in [3.63, 3.8) is 0 Å². The van der Waals surface area contributed by atoms with Crippen LogP contribution in [0, 0.1) is 0 Å². The molecule has 1 rings (SSSR count). The number of hydrogen-bond donors (Lipinski definition) is 2. The summed E-state index contributed by atoms with van der Waals surface area (Å²) >= 11 is 0. The van der Waals surface area contributed by atoms with Gasteiger partial charge in [0.1, 0.15) is 6.61 Å². The van der Waals surface area contributed by atoms with Gasteiger partial charge in [0, 0.05) is 6.61 Å². The van der Waals surface area contributed by atoms with Crippen molar-refractivity contribution in [1.29, 1.82) is 0 Å². The maximum Gasteiger partial charge on any atom is 0.338 e. The van der Waals surface area contributed by atoms with Gasteiger partial charge >= 0.3 is 11.9 Å². The molecular formula is C14H18O6. The molecule has 0 saturated carbocycles. The van der Waals surface area contributed by atoms with Crippen molar-refractivity contribution in [3.05, 3.63) is 35.4 Å². The summed E-state index contributed by atoms with van der Waals surface area (Å²) in [5.41, 5.74) is 0.482. The number of unbranched alkanes of at least 4 members (excludes halogenated alkanes) is 1. The third-order valence-corrected chi connectivity index (χ3v) is 2.44. The number of hydrogen-bond acceptors (Lipinski definition) is 6. The van der Waals surface area contributed by atoms with Gasteiger partial charge in [-0.25, -0.2) is 9.59 Å². The first kappa shape index (κ1) is 16.1. The molecule has 1 aromatic carbocycles. The van der Waals surface area contributed by atoms with E-state index in [0.29, 0.717) is 12.8 Å². The molecule has 2 N–H and O–H groups in total. The van der Waals surface area contributed by atoms with Crippen molar-refractivity contribution in [3.8, 4) is 0 Å². The lowest BCUT2D eigenvalue weighted by Crippen LogP contribution is -2.11. The van der Waals surface area contributed by atoms with Crippen molar-refractivity contribution < 1.29 is 29.3 Å². The first-order chi connectivity index (χ1) is 9.69. The van der Waals surface area contributed by atoms with Crippen molar-refractivity contribution >= 4 is 11.9 Å². The van der Waals surface area contributed by atoms with E-state index in [1.807, 2.05) is 0 Å². The number of ether oxygens (including phenoxy) is 2. The third-order valence-electron chi connectivity index (χ3n) is 2.44. The average molecular weight is 282 g/mol. The quantitative estimate of drug-likeness (QED) is 0.540. The molecule has 6 heteroatoms. The summed E-state index contributed by atoms with van der Waals surface area (Å²) in [4.78, 5) is 23.3. The Morgan fingerprint density at radius 2 is 1.50 bits per heavy atom. The van der Waals surface area contributed by atoms with Crippen LogP contribution in [-0.4, -0.2) is 48.6 Å². The van der Waals surface area contributed by atoms with E-state index >= 15 is 0 Å². The highest BCUT2D eigenvalue weighted by molar-refractivity contribution is 5.95. The zero-order valence-corrected chi connectivity index (χ0v) is 11.1. The first-order valence-electron chi connectivity index (χ1n) is 6.35. The molecule has 0 atom stereocenters. The molecular weight excluding hydrogens is 264 g/mol. The number of esters is 2. The van der Waals surface area contributed by atoms with Crippen LogP contribution in [-0.2, 0) is 9.47 Å². The lowest BCUT2D eigenvalue weighted by Gasteiger charge is -2.06. The van der Waals surface area contributed by atoms with Crippen LogP contribution < -0.4 is 0 Å². The Kier molecular flexibility index (Phi) is 7.31. The van der Waals surface area contributed by atoms with E-state index < -0.39 is 11.9 Å². The largest absolute Gasteiger partial charge is 0.462 e. The van der Waals surface area contributed by atoms with Crippen molar-refractivity contribution in [2.45, 2.75) is 12.8 Å². The molecule has 0 saturated heterocycles. The number of carbonyl (C=O) groups is 2. The smallest absolute Gasteiger partial charge is 0.338 e. The monoisotopic (exact) mass is 282 g/mol. The van der Waals surface area contributed by atoms with Gasteiger partial charge in [-0.3, -0.25) is 0 Å². The molecule has 0 aromatic heterocycles. The van der Waals surface area contributed by atoms with E-state index in [0.717, 1.165) is 0 Å². The SMILES string of the molecule is O=C(OCCO)c1cccc(C(=O)OCCCCO)c1. The second-order valence-electron chi connectivity index (χ2n) is 4.01. The Balaban J connectivity index is 2.58. The molecule has 0 aliphatic carbocycles. The van der Waals surface area contributed by atoms with Gasteiger partial charge < -0.3 is 19.7 Å². The predicted molar refractivity (Wildman–Crippen MR) is 70.4 cm³/mol. The van der Waals surface area contributed by atoms with Crippen LogP contribution in [0.4, 0.5) is 0 Å². The highest BCUT2D eigenvalue weighted by Gasteiger charge is 2.12. The number of rotatable bonds is 8. The highest BCUT2D eigenvalue weighted by Crippen LogP contribution is 2.09. The highest BCUT2D eigenvalue weighted by atomic mass is 16.5. The van der Waals surface area contributed by atoms with E-state index in [4.69, 9.17) is 19.7 Å². The van der Waals surface area contributed by atoms with E-state index in [1.54, 1.807) is 6.07 Å². The van der Waals surface area contributed by atoms with Gasteiger partial charge in [0.2, 0.25) is 0 Å². The van der Waals surface area contributed by atoms with Crippen LogP contribution in [0.15, 0.2) is 24.3 Å². The standard InChI is InChI=1S/C14H18O6/c15-6-1-2-8-19-13(17)11-4-3-5-12(10-11)14(18)20-9-7-16/h3-5,10,15-16H,1-2,6-9H2. The molecule has 110 valence electrons. The molecule has 20 heavy (non-hydrogen) atoms. The van der Waals surface area contributed by atoms with E-state index in [2.05, 4.69) is 0 Å². The lowest BCUT2D eigenvalue weighted by molar-refractivity contribution is 0.0433. The normalized spacial score (nSPS) is 10.1. The summed E-state index contributed by atoms with van der Waals surface area (Å²) in [5.74, 6) is -1.13. The molecule has 0 bridgehead atoms. The number of benzene rings is 1. The van der Waals surface area contributed by atoms with Crippen molar-refractivity contribution in [2.75, 3.05) is 26.4 Å². The summed E-state index contributed by atoms with van der Waals surface area (Å²) in [5, 5.41) is 17.2. The molecule has 0 aliphatic heterocycles. The Bertz CT molecular complexity index is 443. The minimum absolute atomic E-state index is 0.0593. The minimum atomic E-state index is -0.603. The fourth-order valence-corrected chi connectivity index (χ4v) is 1.46. The summed E-state index contributed by atoms with van der Waals surface area (Å²) in [6.45, 7) is -0.0602. The van der Waals surface area contributed by atoms with Crippen LogP contribution in [0.3, 0.4) is 0 Å². The van der Waals surface area contributed by atoms with E-state index in [-0.39, 0.29) is 37.6 Å². The first-order valence-corrected chi connectivity index (χ1v) is 6.35. The maximum atomic E-state index is 11.7. The van der Waals surface area contributed by atoms with Gasteiger partial charge in [0.25, 0.3) is 0 Å². The number of aliphatic hydroxyl groups is 2. The summed E-state index contributed by atoms with van der Waals surface area (Å²) in [6.07, 6.45) is 1.15. The van der Waals surface area contributed by atoms with E-state index in [1.165, 1.54) is 18.2 Å². The van der Waals surface area contributed by atoms with Gasteiger partial charge in [0.05, 0.1) is 24.3 Å². The van der Waals surface area contributed by atoms with Crippen LogP contribution in [0.1, 0.15) is 33.6 Å². The molecule has 0 fully saturated rings. The second-order valence-corrected chi connectivity index (χ2v) is 4.01. The molecule has 0 aliphatic rings. The molecule has 1 aromatic rings. The molecule has 6 nitrogen and oxygen atoms in total. The fourth-order valence-electron chi connectivity index (χ4n) is 1.46. The summed E-state index contributed by atoms with van der Waals surface area (Å²) in [6, 6.07) is 5.99. The lowest BCUT2D eigenvalue weighted by atomic mass is 10.1. The summed E-state index contributed by atoms with van der Waals surface area (Å²) in [7, 11) is 0.